The number of nitrogens with two attached hydrogens (primary N) is 4. The molecular formula is C24H27N5O2. The highest BCUT2D eigenvalue weighted by atomic mass is 16.2. The van der Waals surface area contributed by atoms with Crippen LogP contribution in [0.15, 0.2) is 72.8 Å². The van der Waals surface area contributed by atoms with E-state index in [1.165, 1.54) is 0 Å². The fourth-order valence-corrected chi connectivity index (χ4v) is 3.49. The van der Waals surface area contributed by atoms with Gasteiger partial charge in [-0.05, 0) is 60.0 Å². The lowest BCUT2D eigenvalue weighted by atomic mass is 9.94. The predicted octanol–water partition coefficient (Wildman–Crippen LogP) is 2.49. The van der Waals surface area contributed by atoms with Crippen LogP contribution in [0.3, 0.4) is 0 Å². The van der Waals surface area contributed by atoms with E-state index in [4.69, 9.17) is 22.9 Å². The van der Waals surface area contributed by atoms with Crippen LogP contribution in [-0.2, 0) is 4.79 Å². The number of nitrogen functional groups attached to an aromatic ring is 1. The van der Waals surface area contributed by atoms with Crippen molar-refractivity contribution in [3.63, 3.8) is 0 Å². The zero-order chi connectivity index (χ0) is 22.4. The van der Waals surface area contributed by atoms with Crippen molar-refractivity contribution in [2.24, 2.45) is 17.2 Å². The number of hydrogen-bond acceptors (Lipinski definition) is 5. The number of nitrogens with one attached hydrogen (secondary N) is 1. The molecule has 2 amide bonds. The average Bonchev–Trinajstić information content (AvgIpc) is 2.78. The third-order valence-electron chi connectivity index (χ3n) is 5.22. The molecule has 2 unspecified atom stereocenters. The van der Waals surface area contributed by atoms with Crippen molar-refractivity contribution in [1.29, 1.82) is 0 Å². The van der Waals surface area contributed by atoms with Gasteiger partial charge in [0.25, 0.3) is 0 Å². The van der Waals surface area contributed by atoms with E-state index in [0.29, 0.717) is 35.5 Å². The molecule has 0 aromatic heterocycles. The van der Waals surface area contributed by atoms with E-state index in [-0.39, 0.29) is 11.8 Å². The Hall–Kier alpha value is -3.68. The van der Waals surface area contributed by atoms with Gasteiger partial charge in [-0.1, -0.05) is 42.5 Å². The maximum absolute atomic E-state index is 13.0. The third kappa shape index (κ3) is 5.28. The first-order chi connectivity index (χ1) is 14.9. The van der Waals surface area contributed by atoms with Gasteiger partial charge in [-0.15, -0.1) is 0 Å². The van der Waals surface area contributed by atoms with E-state index < -0.39 is 11.9 Å². The summed E-state index contributed by atoms with van der Waals surface area (Å²) in [5.74, 6) is -1.01. The number of rotatable bonds is 8. The van der Waals surface area contributed by atoms with Gasteiger partial charge in [-0.3, -0.25) is 9.59 Å². The molecule has 0 fully saturated rings. The molecule has 31 heavy (non-hydrogen) atoms. The van der Waals surface area contributed by atoms with Crippen molar-refractivity contribution in [1.82, 2.24) is 0 Å². The maximum atomic E-state index is 13.0. The fraction of sp³-hybridized carbons (Fsp3) is 0.167. The van der Waals surface area contributed by atoms with Crippen molar-refractivity contribution in [3.05, 3.63) is 95.1 Å². The first-order valence-electron chi connectivity index (χ1n) is 10.0. The lowest BCUT2D eigenvalue weighted by molar-refractivity contribution is -0.117. The molecule has 160 valence electrons. The van der Waals surface area contributed by atoms with Crippen LogP contribution in [0.1, 0.15) is 45.4 Å². The fourth-order valence-electron chi connectivity index (χ4n) is 3.49. The molecule has 3 rings (SSSR count). The largest absolute Gasteiger partial charge is 0.398 e. The minimum absolute atomic E-state index is 0.147. The summed E-state index contributed by atoms with van der Waals surface area (Å²) in [7, 11) is 0. The van der Waals surface area contributed by atoms with Gasteiger partial charge in [0.15, 0.2) is 0 Å². The molecule has 3 aromatic rings. The second-order valence-corrected chi connectivity index (χ2v) is 7.34. The van der Waals surface area contributed by atoms with Gasteiger partial charge in [0, 0.05) is 16.9 Å². The Labute approximate surface area is 181 Å². The van der Waals surface area contributed by atoms with Crippen molar-refractivity contribution in [3.8, 4) is 0 Å². The molecule has 0 aliphatic carbocycles. The van der Waals surface area contributed by atoms with Gasteiger partial charge in [-0.25, -0.2) is 0 Å². The van der Waals surface area contributed by atoms with Crippen LogP contribution in [0.2, 0.25) is 0 Å². The molecule has 0 aliphatic heterocycles. The minimum Gasteiger partial charge on any atom is -0.398 e. The predicted molar refractivity (Wildman–Crippen MR) is 123 cm³/mol. The highest BCUT2D eigenvalue weighted by molar-refractivity contribution is 5.96. The van der Waals surface area contributed by atoms with Crippen molar-refractivity contribution < 1.29 is 9.59 Å². The van der Waals surface area contributed by atoms with E-state index in [2.05, 4.69) is 5.32 Å². The number of hydrogen-bond donors (Lipinski definition) is 5. The van der Waals surface area contributed by atoms with Gasteiger partial charge in [0.1, 0.15) is 0 Å². The summed E-state index contributed by atoms with van der Waals surface area (Å²) in [6.45, 7) is 0.395. The van der Waals surface area contributed by atoms with Gasteiger partial charge in [0.05, 0.1) is 12.0 Å². The summed E-state index contributed by atoms with van der Waals surface area (Å²) < 4.78 is 0. The van der Waals surface area contributed by atoms with Crippen LogP contribution in [0.4, 0.5) is 11.4 Å². The third-order valence-corrected chi connectivity index (χ3v) is 5.22. The van der Waals surface area contributed by atoms with Crippen molar-refractivity contribution >= 4 is 23.2 Å². The highest BCUT2D eigenvalue weighted by Gasteiger charge is 2.21. The second kappa shape index (κ2) is 9.88. The lowest BCUT2D eigenvalue weighted by Crippen LogP contribution is -2.24. The molecule has 0 heterocycles. The molecule has 3 aromatic carbocycles. The Morgan fingerprint density at radius 3 is 2.19 bits per heavy atom. The number of primary amides is 1. The summed E-state index contributed by atoms with van der Waals surface area (Å²) in [4.78, 5) is 24.2. The number of amides is 2. The number of anilines is 2. The molecule has 0 saturated heterocycles. The van der Waals surface area contributed by atoms with Crippen molar-refractivity contribution in [2.75, 3.05) is 17.6 Å². The maximum Gasteiger partial charge on any atom is 0.248 e. The molecule has 0 spiro atoms. The summed E-state index contributed by atoms with van der Waals surface area (Å²) in [5, 5.41) is 2.96. The quantitative estimate of drug-likeness (QED) is 0.357. The molecule has 7 nitrogen and oxygen atoms in total. The van der Waals surface area contributed by atoms with Crippen LogP contribution < -0.4 is 28.3 Å². The normalized spacial score (nSPS) is 12.7. The summed E-state index contributed by atoms with van der Waals surface area (Å²) in [6.07, 6.45) is 0.531. The van der Waals surface area contributed by atoms with Crippen LogP contribution in [-0.4, -0.2) is 18.4 Å². The van der Waals surface area contributed by atoms with Crippen LogP contribution in [0, 0.1) is 0 Å². The topological polar surface area (TPSA) is 150 Å². The van der Waals surface area contributed by atoms with Gasteiger partial charge in [-0.2, -0.15) is 0 Å². The SMILES string of the molecule is NCCC(C(=O)Nc1ccc(N)c(C(N)c2ccc(C(N)=O)cc2)c1)c1ccccc1. The number of benzene rings is 3. The van der Waals surface area contributed by atoms with Gasteiger partial charge >= 0.3 is 0 Å². The van der Waals surface area contributed by atoms with Gasteiger partial charge in [0.2, 0.25) is 11.8 Å². The molecule has 7 heteroatoms. The molecule has 2 atom stereocenters. The van der Waals surface area contributed by atoms with Crippen LogP contribution in [0.5, 0.6) is 0 Å². The first kappa shape index (κ1) is 22.0. The Bertz CT molecular complexity index is 1050. The average molecular weight is 418 g/mol. The molecule has 9 N–H and O–H groups in total. The second-order valence-electron chi connectivity index (χ2n) is 7.34. The lowest BCUT2D eigenvalue weighted by Gasteiger charge is -2.19. The van der Waals surface area contributed by atoms with Gasteiger partial charge < -0.3 is 28.3 Å². The zero-order valence-electron chi connectivity index (χ0n) is 17.1. The van der Waals surface area contributed by atoms with Crippen molar-refractivity contribution in [2.45, 2.75) is 18.4 Å². The smallest absolute Gasteiger partial charge is 0.248 e. The van der Waals surface area contributed by atoms with E-state index >= 15 is 0 Å². The summed E-state index contributed by atoms with van der Waals surface area (Å²) in [6, 6.07) is 20.9. The van der Waals surface area contributed by atoms with E-state index in [1.54, 1.807) is 42.5 Å². The summed E-state index contributed by atoms with van der Waals surface area (Å²) >= 11 is 0. The van der Waals surface area contributed by atoms with E-state index in [0.717, 1.165) is 11.1 Å². The van der Waals surface area contributed by atoms with E-state index in [1.807, 2.05) is 30.3 Å². The van der Waals surface area contributed by atoms with Crippen LogP contribution in [0.25, 0.3) is 0 Å². The standard InChI is InChI=1S/C24H27N5O2/c25-13-12-19(15-4-2-1-3-5-15)24(31)29-18-10-11-21(26)20(14-18)22(27)16-6-8-17(9-7-16)23(28)30/h1-11,14,19,22H,12-13,25-27H2,(H2,28,30)(H,29,31). The number of carbonyl (C=O) groups is 2. The monoisotopic (exact) mass is 417 g/mol. The Morgan fingerprint density at radius 1 is 0.903 bits per heavy atom. The molecule has 0 saturated carbocycles. The van der Waals surface area contributed by atoms with E-state index in [9.17, 15) is 9.59 Å². The Balaban J connectivity index is 1.82. The molecule has 0 aliphatic rings. The molecule has 0 bridgehead atoms. The Kier molecular flexibility index (Phi) is 7.02. The first-order valence-corrected chi connectivity index (χ1v) is 10.0. The molecular weight excluding hydrogens is 390 g/mol. The number of carbonyl (C=O) groups excluding carboxylic acids is 2. The highest BCUT2D eigenvalue weighted by Crippen LogP contribution is 2.29. The minimum atomic E-state index is -0.534. The molecule has 0 radical (unpaired) electrons. The summed E-state index contributed by atoms with van der Waals surface area (Å²) in [5.41, 5.74) is 27.4. The zero-order valence-corrected chi connectivity index (χ0v) is 17.1. The Morgan fingerprint density at radius 2 is 1.58 bits per heavy atom. The van der Waals surface area contributed by atoms with Crippen LogP contribution >= 0.6 is 0 Å².